The molecule has 226 valence electrons. The predicted molar refractivity (Wildman–Crippen MR) is 198 cm³/mol. The quantitative estimate of drug-likeness (QED) is 0.186. The highest BCUT2D eigenvalue weighted by molar-refractivity contribution is 7.27. The molecule has 0 unspecified atom stereocenters. The van der Waals surface area contributed by atoms with E-state index in [9.17, 15) is 0 Å². The van der Waals surface area contributed by atoms with E-state index in [4.69, 9.17) is 19.9 Å². The van der Waals surface area contributed by atoms with Crippen molar-refractivity contribution < 1.29 is 0 Å². The van der Waals surface area contributed by atoms with Gasteiger partial charge in [-0.1, -0.05) is 24.3 Å². The van der Waals surface area contributed by atoms with Crippen molar-refractivity contribution in [2.75, 3.05) is 0 Å². The Bertz CT molecular complexity index is 3350. The Hall–Kier alpha value is -5.84. The second kappa shape index (κ2) is 8.74. The molecule has 8 heterocycles. The lowest BCUT2D eigenvalue weighted by Crippen LogP contribution is -2.01. The van der Waals surface area contributed by atoms with E-state index < -0.39 is 0 Å². The van der Waals surface area contributed by atoms with Crippen LogP contribution in [0.5, 0.6) is 0 Å². The molecule has 0 atom stereocenters. The van der Waals surface area contributed by atoms with Crippen LogP contribution >= 0.6 is 22.7 Å². The van der Waals surface area contributed by atoms with Crippen LogP contribution in [-0.4, -0.2) is 37.9 Å². The summed E-state index contributed by atoms with van der Waals surface area (Å²) in [4.78, 5) is 20.0. The first-order valence-corrected chi connectivity index (χ1v) is 17.5. The minimum atomic E-state index is 0.671. The molecule has 0 aliphatic heterocycles. The fraction of sp³-hybridized carbons (Fsp3) is 0.0526. The number of imidazole rings is 4. The lowest BCUT2D eigenvalue weighted by atomic mass is 10.1. The fourth-order valence-corrected chi connectivity index (χ4v) is 10.3. The summed E-state index contributed by atoms with van der Waals surface area (Å²) < 4.78 is 14.0. The number of pyridine rings is 2. The molecule has 10 heteroatoms. The van der Waals surface area contributed by atoms with Crippen LogP contribution in [0.15, 0.2) is 103 Å². The number of hydrogen-bond acceptors (Lipinski definition) is 6. The Morgan fingerprint density at radius 2 is 1.35 bits per heavy atom. The first kappa shape index (κ1) is 25.3. The summed E-state index contributed by atoms with van der Waals surface area (Å²) in [6.45, 7) is 0.671. The summed E-state index contributed by atoms with van der Waals surface area (Å²) in [6, 6.07) is 32.2. The maximum atomic E-state index is 5.38. The van der Waals surface area contributed by atoms with Crippen LogP contribution in [0, 0.1) is 0 Å². The van der Waals surface area contributed by atoms with E-state index in [1.165, 1.54) is 35.3 Å². The monoisotopic (exact) mass is 654 g/mol. The van der Waals surface area contributed by atoms with Gasteiger partial charge in [-0.15, -0.1) is 22.7 Å². The Kier molecular flexibility index (Phi) is 4.60. The molecule has 0 aliphatic carbocycles. The molecule has 0 saturated heterocycles. The molecule has 12 rings (SSSR count). The van der Waals surface area contributed by atoms with Crippen molar-refractivity contribution in [1.82, 2.24) is 37.9 Å². The number of para-hydroxylation sites is 4. The molecule has 4 aromatic carbocycles. The zero-order valence-electron chi connectivity index (χ0n) is 25.4. The van der Waals surface area contributed by atoms with E-state index in [0.717, 1.165) is 66.6 Å². The van der Waals surface area contributed by atoms with Crippen LogP contribution in [0.2, 0.25) is 0 Å². The standard InChI is InChI=1S/C38H22N8S2/c1-43-28-15-13-22-31-34(48-36(22)33(28)46-24-8-3-2-7-23(24)41-37(43)46)20(16-18-40-31)19-44-25-9-4-5-10-26(25)45-27-14-12-21-30-29(11-6-17-39-30)47-35(21)32(27)42-38(44)45/h2-18H,19H2,1H3. The molecule has 0 spiro atoms. The summed E-state index contributed by atoms with van der Waals surface area (Å²) in [5, 5.41) is 2.33. The molecule has 0 fully saturated rings. The van der Waals surface area contributed by atoms with Crippen LogP contribution in [0.25, 0.3) is 96.3 Å². The van der Waals surface area contributed by atoms with Crippen molar-refractivity contribution in [3.8, 4) is 0 Å². The fourth-order valence-electron chi connectivity index (χ4n) is 7.84. The van der Waals surface area contributed by atoms with Gasteiger partial charge in [0.05, 0.1) is 75.0 Å². The van der Waals surface area contributed by atoms with Gasteiger partial charge in [0.1, 0.15) is 5.52 Å². The van der Waals surface area contributed by atoms with Gasteiger partial charge in [0, 0.05) is 30.2 Å². The average molecular weight is 655 g/mol. The maximum Gasteiger partial charge on any atom is 0.216 e. The van der Waals surface area contributed by atoms with Crippen LogP contribution < -0.4 is 0 Å². The van der Waals surface area contributed by atoms with Crippen molar-refractivity contribution in [3.05, 3.63) is 109 Å². The number of hydrogen-bond donors (Lipinski definition) is 0. The largest absolute Gasteiger partial charge is 0.313 e. The molecule has 8 nitrogen and oxygen atoms in total. The van der Waals surface area contributed by atoms with Gasteiger partial charge in [0.25, 0.3) is 0 Å². The molecule has 0 N–H and O–H groups in total. The third kappa shape index (κ3) is 3.00. The first-order chi connectivity index (χ1) is 23.7. The molecule has 48 heavy (non-hydrogen) atoms. The molecular weight excluding hydrogens is 633 g/mol. The highest BCUT2D eigenvalue weighted by atomic mass is 32.1. The lowest BCUT2D eigenvalue weighted by molar-refractivity contribution is 0.853. The Labute approximate surface area is 278 Å². The summed E-state index contributed by atoms with van der Waals surface area (Å²) in [7, 11) is 2.10. The van der Waals surface area contributed by atoms with Crippen molar-refractivity contribution in [3.63, 3.8) is 0 Å². The van der Waals surface area contributed by atoms with Crippen LogP contribution in [0.3, 0.4) is 0 Å². The highest BCUT2D eigenvalue weighted by Gasteiger charge is 2.22. The van der Waals surface area contributed by atoms with Crippen molar-refractivity contribution >= 4 is 119 Å². The van der Waals surface area contributed by atoms with Crippen molar-refractivity contribution in [2.24, 2.45) is 7.05 Å². The van der Waals surface area contributed by atoms with E-state index in [1.807, 2.05) is 29.8 Å². The summed E-state index contributed by atoms with van der Waals surface area (Å²) in [6.07, 6.45) is 3.83. The summed E-state index contributed by atoms with van der Waals surface area (Å²) >= 11 is 3.60. The molecule has 0 radical (unpaired) electrons. The van der Waals surface area contributed by atoms with Crippen LogP contribution in [0.1, 0.15) is 5.56 Å². The van der Waals surface area contributed by atoms with Gasteiger partial charge in [-0.3, -0.25) is 18.8 Å². The molecule has 12 aromatic rings. The molecular formula is C38H22N8S2. The predicted octanol–water partition coefficient (Wildman–Crippen LogP) is 9.31. The van der Waals surface area contributed by atoms with E-state index in [1.54, 1.807) is 11.3 Å². The Balaban J connectivity index is 1.13. The maximum absolute atomic E-state index is 5.38. The van der Waals surface area contributed by atoms with Crippen molar-refractivity contribution in [2.45, 2.75) is 6.54 Å². The van der Waals surface area contributed by atoms with Gasteiger partial charge in [-0.2, -0.15) is 0 Å². The van der Waals surface area contributed by atoms with Gasteiger partial charge < -0.3 is 9.13 Å². The SMILES string of the molecule is Cn1c2ccc3c4nccc(Cn5c6ccccc6n6c7ccc8c9ncccc9sc8c7nc56)c4sc3c2n2c3ccccc3nc12. The molecule has 0 bridgehead atoms. The van der Waals surface area contributed by atoms with Crippen LogP contribution in [-0.2, 0) is 13.6 Å². The summed E-state index contributed by atoms with van der Waals surface area (Å²) in [5.74, 6) is 1.88. The van der Waals surface area contributed by atoms with E-state index >= 15 is 0 Å². The lowest BCUT2D eigenvalue weighted by Gasteiger charge is -2.06. The number of benzene rings is 4. The number of fused-ring (bicyclic) bond motifs is 18. The van der Waals surface area contributed by atoms with Gasteiger partial charge >= 0.3 is 0 Å². The Morgan fingerprint density at radius 3 is 2.27 bits per heavy atom. The third-order valence-electron chi connectivity index (χ3n) is 9.97. The Morgan fingerprint density at radius 1 is 0.562 bits per heavy atom. The van der Waals surface area contributed by atoms with Crippen LogP contribution in [0.4, 0.5) is 0 Å². The molecule has 0 saturated carbocycles. The second-order valence-corrected chi connectivity index (χ2v) is 14.5. The van der Waals surface area contributed by atoms with Crippen molar-refractivity contribution in [1.29, 1.82) is 0 Å². The van der Waals surface area contributed by atoms with Gasteiger partial charge in [-0.05, 0) is 72.3 Å². The van der Waals surface area contributed by atoms with E-state index in [2.05, 4.69) is 110 Å². The normalized spacial score (nSPS) is 12.8. The summed E-state index contributed by atoms with van der Waals surface area (Å²) in [5.41, 5.74) is 12.2. The number of thiophene rings is 2. The smallest absolute Gasteiger partial charge is 0.216 e. The average Bonchev–Trinajstić information content (AvgIpc) is 3.95. The molecule has 0 aliphatic rings. The van der Waals surface area contributed by atoms with Gasteiger partial charge in [-0.25, -0.2) is 9.97 Å². The number of nitrogens with zero attached hydrogens (tertiary/aromatic N) is 8. The number of aryl methyl sites for hydroxylation is 1. The van der Waals surface area contributed by atoms with E-state index in [0.29, 0.717) is 6.54 Å². The van der Waals surface area contributed by atoms with Gasteiger partial charge in [0.2, 0.25) is 11.6 Å². The number of rotatable bonds is 2. The van der Waals surface area contributed by atoms with E-state index in [-0.39, 0.29) is 0 Å². The minimum Gasteiger partial charge on any atom is -0.313 e. The van der Waals surface area contributed by atoms with Gasteiger partial charge in [0.15, 0.2) is 0 Å². The second-order valence-electron chi connectivity index (χ2n) is 12.4. The topological polar surface area (TPSA) is 70.2 Å². The first-order valence-electron chi connectivity index (χ1n) is 15.8. The zero-order valence-corrected chi connectivity index (χ0v) is 27.0. The zero-order chi connectivity index (χ0) is 31.2. The molecule has 0 amide bonds. The third-order valence-corrected chi connectivity index (χ3v) is 12.4. The minimum absolute atomic E-state index is 0.671. The highest BCUT2D eigenvalue weighted by Crippen LogP contribution is 2.42. The molecule has 8 aromatic heterocycles. The number of aromatic nitrogens is 8.